The molecule has 4 N–H and O–H groups in total. The molecular weight excluding hydrogens is 624 g/mol. The summed E-state index contributed by atoms with van der Waals surface area (Å²) in [6, 6.07) is 33.0. The molecular formula is C36H22N8O5. The lowest BCUT2D eigenvalue weighted by Gasteiger charge is -2.12. The van der Waals surface area contributed by atoms with E-state index < -0.39 is 22.5 Å². The van der Waals surface area contributed by atoms with Crippen LogP contribution in [0.25, 0.3) is 67.4 Å². The van der Waals surface area contributed by atoms with Crippen molar-refractivity contribution in [2.24, 2.45) is 0 Å². The predicted octanol–water partition coefficient (Wildman–Crippen LogP) is 4.79. The van der Waals surface area contributed by atoms with E-state index in [0.717, 1.165) is 11.1 Å². The zero-order valence-electron chi connectivity index (χ0n) is 25.2. The van der Waals surface area contributed by atoms with Crippen molar-refractivity contribution < 1.29 is 4.74 Å². The number of H-pyrrole nitrogens is 4. The van der Waals surface area contributed by atoms with Gasteiger partial charge in [0.1, 0.15) is 11.5 Å². The highest BCUT2D eigenvalue weighted by Gasteiger charge is 2.18. The standard InChI is InChI=1S/C36H22N8O5/c45-33-29-31(41-35(47)43-33)39-27(25(37-29)19-7-3-1-4-8-19)21-11-15-23(16-12-21)49-24-17-13-22(14-18-24)28-26(20-9-5-2-6-10-20)38-30-32(40-28)42-36(48)44-34(30)46/h1-18H,(H2,39,41,43,45,47)(H2,40,42,44,46,48). The molecule has 236 valence electrons. The molecule has 4 heterocycles. The van der Waals surface area contributed by atoms with Crippen LogP contribution >= 0.6 is 0 Å². The lowest BCUT2D eigenvalue weighted by molar-refractivity contribution is 0.483. The first-order valence-corrected chi connectivity index (χ1v) is 15.0. The van der Waals surface area contributed by atoms with Gasteiger partial charge in [-0.3, -0.25) is 29.5 Å². The van der Waals surface area contributed by atoms with Crippen molar-refractivity contribution in [3.05, 3.63) is 151 Å². The molecule has 0 aliphatic heterocycles. The topological polar surface area (TPSA) is 192 Å². The van der Waals surface area contributed by atoms with Crippen LogP contribution < -0.4 is 27.2 Å². The van der Waals surface area contributed by atoms with Crippen LogP contribution in [-0.2, 0) is 0 Å². The summed E-state index contributed by atoms with van der Waals surface area (Å²) in [5.74, 6) is 1.09. The first kappa shape index (κ1) is 29.1. The Morgan fingerprint density at radius 1 is 0.388 bits per heavy atom. The highest BCUT2D eigenvalue weighted by Crippen LogP contribution is 2.34. The Hall–Kier alpha value is -7.28. The van der Waals surface area contributed by atoms with E-state index in [9.17, 15) is 19.2 Å². The number of nitrogens with zero attached hydrogens (tertiary/aromatic N) is 4. The summed E-state index contributed by atoms with van der Waals surface area (Å²) in [5, 5.41) is 0. The van der Waals surface area contributed by atoms with Crippen molar-refractivity contribution in [3.8, 4) is 56.5 Å². The number of hydrogen-bond donors (Lipinski definition) is 4. The summed E-state index contributed by atoms with van der Waals surface area (Å²) >= 11 is 0. The molecule has 0 saturated carbocycles. The maximum atomic E-state index is 12.5. The summed E-state index contributed by atoms with van der Waals surface area (Å²) in [7, 11) is 0. The monoisotopic (exact) mass is 646 g/mol. The molecule has 13 nitrogen and oxygen atoms in total. The van der Waals surface area contributed by atoms with Gasteiger partial charge in [0.15, 0.2) is 22.3 Å². The molecule has 0 fully saturated rings. The van der Waals surface area contributed by atoms with E-state index in [-0.39, 0.29) is 22.3 Å². The molecule has 8 aromatic rings. The minimum atomic E-state index is -0.672. The molecule has 0 radical (unpaired) electrons. The summed E-state index contributed by atoms with van der Waals surface area (Å²) in [4.78, 5) is 76.8. The van der Waals surface area contributed by atoms with Gasteiger partial charge in [-0.15, -0.1) is 0 Å². The van der Waals surface area contributed by atoms with E-state index in [2.05, 4.69) is 39.9 Å². The van der Waals surface area contributed by atoms with Crippen molar-refractivity contribution in [1.29, 1.82) is 0 Å². The van der Waals surface area contributed by atoms with E-state index in [1.54, 1.807) is 24.3 Å². The fraction of sp³-hybridized carbons (Fsp3) is 0. The van der Waals surface area contributed by atoms with E-state index >= 15 is 0 Å². The van der Waals surface area contributed by atoms with Gasteiger partial charge < -0.3 is 4.74 Å². The predicted molar refractivity (Wildman–Crippen MR) is 183 cm³/mol. The fourth-order valence-electron chi connectivity index (χ4n) is 5.46. The number of aromatic amines is 4. The molecule has 0 amide bonds. The Morgan fingerprint density at radius 2 is 0.735 bits per heavy atom. The van der Waals surface area contributed by atoms with E-state index in [1.807, 2.05) is 84.9 Å². The van der Waals surface area contributed by atoms with Crippen molar-refractivity contribution in [2.45, 2.75) is 0 Å². The van der Waals surface area contributed by atoms with E-state index in [4.69, 9.17) is 4.74 Å². The first-order valence-electron chi connectivity index (χ1n) is 15.0. The number of aromatic nitrogens is 8. The molecule has 0 saturated heterocycles. The zero-order valence-corrected chi connectivity index (χ0v) is 25.2. The zero-order chi connectivity index (χ0) is 33.5. The van der Waals surface area contributed by atoms with Gasteiger partial charge in [-0.05, 0) is 48.5 Å². The highest BCUT2D eigenvalue weighted by molar-refractivity contribution is 5.85. The van der Waals surface area contributed by atoms with Gasteiger partial charge in [0.25, 0.3) is 11.1 Å². The second-order valence-electron chi connectivity index (χ2n) is 10.9. The maximum Gasteiger partial charge on any atom is 0.327 e. The number of ether oxygens (including phenoxy) is 1. The van der Waals surface area contributed by atoms with Crippen LogP contribution in [0.1, 0.15) is 0 Å². The van der Waals surface area contributed by atoms with Gasteiger partial charge in [0.05, 0.1) is 22.8 Å². The minimum Gasteiger partial charge on any atom is -0.457 e. The number of fused-ring (bicyclic) bond motifs is 2. The third-order valence-electron chi connectivity index (χ3n) is 7.73. The molecule has 0 bridgehead atoms. The van der Waals surface area contributed by atoms with Gasteiger partial charge >= 0.3 is 11.4 Å². The summed E-state index contributed by atoms with van der Waals surface area (Å²) in [5.41, 5.74) is 2.42. The van der Waals surface area contributed by atoms with Crippen LogP contribution in [0.4, 0.5) is 0 Å². The van der Waals surface area contributed by atoms with E-state index in [0.29, 0.717) is 45.4 Å². The third kappa shape index (κ3) is 5.57. The Balaban J connectivity index is 1.12. The average molecular weight is 647 g/mol. The molecule has 0 spiro atoms. The van der Waals surface area contributed by atoms with Gasteiger partial charge in [0.2, 0.25) is 0 Å². The molecule has 49 heavy (non-hydrogen) atoms. The van der Waals surface area contributed by atoms with Gasteiger partial charge in [-0.1, -0.05) is 60.7 Å². The lowest BCUT2D eigenvalue weighted by Crippen LogP contribution is -2.23. The average Bonchev–Trinajstić information content (AvgIpc) is 3.12. The van der Waals surface area contributed by atoms with Crippen LogP contribution in [0, 0.1) is 0 Å². The molecule has 4 aromatic heterocycles. The van der Waals surface area contributed by atoms with Gasteiger partial charge in [-0.25, -0.2) is 29.5 Å². The first-order chi connectivity index (χ1) is 23.9. The van der Waals surface area contributed by atoms with Crippen LogP contribution in [0.15, 0.2) is 128 Å². The van der Waals surface area contributed by atoms with Crippen LogP contribution in [-0.4, -0.2) is 39.9 Å². The number of nitrogens with one attached hydrogen (secondary N) is 4. The molecule has 4 aromatic carbocycles. The van der Waals surface area contributed by atoms with Crippen LogP contribution in [0.2, 0.25) is 0 Å². The lowest BCUT2D eigenvalue weighted by atomic mass is 10.0. The molecule has 0 atom stereocenters. The van der Waals surface area contributed by atoms with E-state index in [1.165, 1.54) is 0 Å². The quantitative estimate of drug-likeness (QED) is 0.197. The molecule has 0 unspecified atom stereocenters. The molecule has 0 aliphatic carbocycles. The number of hydrogen-bond acceptors (Lipinski definition) is 9. The normalized spacial score (nSPS) is 11.2. The van der Waals surface area contributed by atoms with Crippen LogP contribution in [0.5, 0.6) is 11.5 Å². The molecule has 13 heteroatoms. The maximum absolute atomic E-state index is 12.5. The second kappa shape index (κ2) is 11.8. The SMILES string of the molecule is O=c1[nH]c(=O)c2nc(-c3ccccc3)c(-c3ccc(Oc4ccc(-c5nc6[nH]c(=O)[nH]c(=O)c6nc5-c5ccccc5)cc4)cc3)nc2[nH]1. The Labute approximate surface area is 274 Å². The smallest absolute Gasteiger partial charge is 0.327 e. The van der Waals surface area contributed by atoms with Crippen LogP contribution in [0.3, 0.4) is 0 Å². The Bertz CT molecular complexity index is 2570. The summed E-state index contributed by atoms with van der Waals surface area (Å²) in [6.45, 7) is 0. The summed E-state index contributed by atoms with van der Waals surface area (Å²) < 4.78 is 6.14. The molecule has 8 rings (SSSR count). The van der Waals surface area contributed by atoms with Crippen molar-refractivity contribution in [2.75, 3.05) is 0 Å². The Morgan fingerprint density at radius 3 is 1.12 bits per heavy atom. The van der Waals surface area contributed by atoms with Gasteiger partial charge in [0, 0.05) is 22.3 Å². The van der Waals surface area contributed by atoms with Gasteiger partial charge in [-0.2, -0.15) is 0 Å². The fourth-order valence-corrected chi connectivity index (χ4v) is 5.46. The second-order valence-corrected chi connectivity index (χ2v) is 10.9. The van der Waals surface area contributed by atoms with Crippen molar-refractivity contribution in [1.82, 2.24) is 39.9 Å². The third-order valence-corrected chi connectivity index (χ3v) is 7.73. The highest BCUT2D eigenvalue weighted by atomic mass is 16.5. The Kier molecular flexibility index (Phi) is 7.03. The van der Waals surface area contributed by atoms with Crippen molar-refractivity contribution >= 4 is 22.3 Å². The molecule has 0 aliphatic rings. The number of benzene rings is 4. The number of rotatable bonds is 6. The minimum absolute atomic E-state index is 0.0260. The summed E-state index contributed by atoms with van der Waals surface area (Å²) in [6.07, 6.45) is 0. The van der Waals surface area contributed by atoms with Crippen molar-refractivity contribution in [3.63, 3.8) is 0 Å². The largest absolute Gasteiger partial charge is 0.457 e.